The molecule has 2 amide bonds. The standard InChI is InChI=1S/C17H26N2O3/c1-13(2)12-22-10-4-9-18-17(21)16-7-5-15(6-8-16)11-19-14(3)20/h5-8,13H,4,9-12H2,1-3H3,(H,18,21)(H,19,20). The van der Waals surface area contributed by atoms with Crippen molar-refractivity contribution in [2.24, 2.45) is 5.92 Å². The fourth-order valence-electron chi connectivity index (χ4n) is 1.80. The first-order valence-electron chi connectivity index (χ1n) is 7.68. The molecule has 0 aliphatic carbocycles. The number of ether oxygens (including phenoxy) is 1. The van der Waals surface area contributed by atoms with Crippen LogP contribution in [0.15, 0.2) is 24.3 Å². The van der Waals surface area contributed by atoms with Crippen LogP contribution in [0.3, 0.4) is 0 Å². The van der Waals surface area contributed by atoms with E-state index in [0.29, 0.717) is 31.2 Å². The topological polar surface area (TPSA) is 67.4 Å². The van der Waals surface area contributed by atoms with Crippen LogP contribution in [-0.2, 0) is 16.1 Å². The molecule has 0 heterocycles. The van der Waals surface area contributed by atoms with Gasteiger partial charge in [-0.2, -0.15) is 0 Å². The molecule has 122 valence electrons. The van der Waals surface area contributed by atoms with Gasteiger partial charge >= 0.3 is 0 Å². The van der Waals surface area contributed by atoms with Gasteiger partial charge in [-0.05, 0) is 30.0 Å². The van der Waals surface area contributed by atoms with Crippen molar-refractivity contribution in [2.75, 3.05) is 19.8 Å². The van der Waals surface area contributed by atoms with E-state index < -0.39 is 0 Å². The molecule has 0 aliphatic rings. The molecule has 1 aromatic carbocycles. The summed E-state index contributed by atoms with van der Waals surface area (Å²) in [5.41, 5.74) is 1.59. The first-order chi connectivity index (χ1) is 10.5. The van der Waals surface area contributed by atoms with E-state index >= 15 is 0 Å². The van der Waals surface area contributed by atoms with Crippen molar-refractivity contribution in [3.63, 3.8) is 0 Å². The molecule has 0 aliphatic heterocycles. The van der Waals surface area contributed by atoms with E-state index in [9.17, 15) is 9.59 Å². The zero-order valence-corrected chi connectivity index (χ0v) is 13.6. The van der Waals surface area contributed by atoms with Crippen LogP contribution in [0.5, 0.6) is 0 Å². The largest absolute Gasteiger partial charge is 0.381 e. The van der Waals surface area contributed by atoms with Crippen LogP contribution in [0.25, 0.3) is 0 Å². The Bertz CT molecular complexity index is 469. The van der Waals surface area contributed by atoms with Crippen molar-refractivity contribution in [3.05, 3.63) is 35.4 Å². The molecule has 2 N–H and O–H groups in total. The van der Waals surface area contributed by atoms with E-state index in [-0.39, 0.29) is 11.8 Å². The van der Waals surface area contributed by atoms with Gasteiger partial charge in [0.1, 0.15) is 0 Å². The lowest BCUT2D eigenvalue weighted by Gasteiger charge is -2.08. The van der Waals surface area contributed by atoms with Crippen LogP contribution in [0.4, 0.5) is 0 Å². The van der Waals surface area contributed by atoms with Crippen LogP contribution in [0.1, 0.15) is 43.1 Å². The zero-order valence-electron chi connectivity index (χ0n) is 13.6. The van der Waals surface area contributed by atoms with E-state index in [1.165, 1.54) is 6.92 Å². The highest BCUT2D eigenvalue weighted by molar-refractivity contribution is 5.94. The lowest BCUT2D eigenvalue weighted by Crippen LogP contribution is -2.25. The minimum absolute atomic E-state index is 0.0681. The Balaban J connectivity index is 2.26. The first-order valence-corrected chi connectivity index (χ1v) is 7.68. The summed E-state index contributed by atoms with van der Waals surface area (Å²) in [6.07, 6.45) is 0.805. The minimum atomic E-state index is -0.0880. The Hall–Kier alpha value is -1.88. The molecule has 0 atom stereocenters. The normalized spacial score (nSPS) is 10.5. The summed E-state index contributed by atoms with van der Waals surface area (Å²) in [5.74, 6) is 0.377. The molecule has 5 heteroatoms. The highest BCUT2D eigenvalue weighted by Crippen LogP contribution is 2.04. The number of hydrogen-bond donors (Lipinski definition) is 2. The summed E-state index contributed by atoms with van der Waals surface area (Å²) in [4.78, 5) is 22.8. The van der Waals surface area contributed by atoms with Gasteiger partial charge in [-0.15, -0.1) is 0 Å². The van der Waals surface area contributed by atoms with Crippen LogP contribution < -0.4 is 10.6 Å². The Morgan fingerprint density at radius 2 is 1.82 bits per heavy atom. The number of benzene rings is 1. The second-order valence-corrected chi connectivity index (χ2v) is 5.68. The molecule has 5 nitrogen and oxygen atoms in total. The summed E-state index contributed by atoms with van der Waals surface area (Å²) in [5, 5.41) is 5.59. The summed E-state index contributed by atoms with van der Waals surface area (Å²) in [6, 6.07) is 7.22. The van der Waals surface area contributed by atoms with E-state index in [1.807, 2.05) is 12.1 Å². The maximum absolute atomic E-state index is 11.9. The third-order valence-corrected chi connectivity index (χ3v) is 2.96. The Morgan fingerprint density at radius 1 is 1.14 bits per heavy atom. The minimum Gasteiger partial charge on any atom is -0.381 e. The Labute approximate surface area is 132 Å². The van der Waals surface area contributed by atoms with Gasteiger partial charge in [0, 0.05) is 38.8 Å². The number of carbonyl (C=O) groups excluding carboxylic acids is 2. The van der Waals surface area contributed by atoms with Crippen molar-refractivity contribution < 1.29 is 14.3 Å². The van der Waals surface area contributed by atoms with E-state index in [2.05, 4.69) is 24.5 Å². The predicted octanol–water partition coefficient (Wildman–Crippen LogP) is 2.12. The number of carbonyl (C=O) groups is 2. The van der Waals surface area contributed by atoms with E-state index in [0.717, 1.165) is 18.6 Å². The van der Waals surface area contributed by atoms with E-state index in [4.69, 9.17) is 4.74 Å². The van der Waals surface area contributed by atoms with Crippen molar-refractivity contribution in [1.82, 2.24) is 10.6 Å². The molecule has 0 aromatic heterocycles. The molecule has 1 rings (SSSR count). The molecule has 0 bridgehead atoms. The van der Waals surface area contributed by atoms with Gasteiger partial charge in [0.15, 0.2) is 0 Å². The average Bonchev–Trinajstić information content (AvgIpc) is 2.48. The molecular formula is C17H26N2O3. The third kappa shape index (κ3) is 7.78. The van der Waals surface area contributed by atoms with Crippen LogP contribution >= 0.6 is 0 Å². The van der Waals surface area contributed by atoms with Gasteiger partial charge in [0.25, 0.3) is 5.91 Å². The number of nitrogens with one attached hydrogen (secondary N) is 2. The SMILES string of the molecule is CC(=O)NCc1ccc(C(=O)NCCCOCC(C)C)cc1. The molecule has 22 heavy (non-hydrogen) atoms. The lowest BCUT2D eigenvalue weighted by molar-refractivity contribution is -0.119. The van der Waals surface area contributed by atoms with Crippen molar-refractivity contribution in [3.8, 4) is 0 Å². The molecule has 0 saturated carbocycles. The summed E-state index contributed by atoms with van der Waals surface area (Å²) < 4.78 is 5.46. The van der Waals surface area contributed by atoms with Gasteiger partial charge in [-0.1, -0.05) is 26.0 Å². The molecular weight excluding hydrogens is 280 g/mol. The lowest BCUT2D eigenvalue weighted by atomic mass is 10.1. The molecule has 0 unspecified atom stereocenters. The highest BCUT2D eigenvalue weighted by Gasteiger charge is 2.05. The summed E-state index contributed by atoms with van der Waals surface area (Å²) >= 11 is 0. The van der Waals surface area contributed by atoms with Crippen molar-refractivity contribution in [2.45, 2.75) is 33.7 Å². The fraction of sp³-hybridized carbons (Fsp3) is 0.529. The van der Waals surface area contributed by atoms with Gasteiger partial charge < -0.3 is 15.4 Å². The Kier molecular flexibility index (Phi) is 8.22. The van der Waals surface area contributed by atoms with Crippen LogP contribution in [0, 0.1) is 5.92 Å². The van der Waals surface area contributed by atoms with Crippen molar-refractivity contribution in [1.29, 1.82) is 0 Å². The maximum Gasteiger partial charge on any atom is 0.251 e. The predicted molar refractivity (Wildman–Crippen MR) is 86.6 cm³/mol. The molecule has 0 saturated heterocycles. The zero-order chi connectivity index (χ0) is 16.4. The van der Waals surface area contributed by atoms with Gasteiger partial charge in [-0.3, -0.25) is 9.59 Å². The van der Waals surface area contributed by atoms with Crippen molar-refractivity contribution >= 4 is 11.8 Å². The summed E-state index contributed by atoms with van der Waals surface area (Å²) in [6.45, 7) is 8.19. The first kappa shape index (κ1) is 18.2. The molecule has 0 spiro atoms. The summed E-state index contributed by atoms with van der Waals surface area (Å²) in [7, 11) is 0. The molecule has 1 aromatic rings. The second-order valence-electron chi connectivity index (χ2n) is 5.68. The average molecular weight is 306 g/mol. The van der Waals surface area contributed by atoms with Crippen LogP contribution in [0.2, 0.25) is 0 Å². The number of amides is 2. The van der Waals surface area contributed by atoms with Crippen LogP contribution in [-0.4, -0.2) is 31.6 Å². The maximum atomic E-state index is 11.9. The monoisotopic (exact) mass is 306 g/mol. The smallest absolute Gasteiger partial charge is 0.251 e. The quantitative estimate of drug-likeness (QED) is 0.687. The third-order valence-electron chi connectivity index (χ3n) is 2.96. The van der Waals surface area contributed by atoms with Gasteiger partial charge in [0.2, 0.25) is 5.91 Å². The number of hydrogen-bond acceptors (Lipinski definition) is 3. The fourth-order valence-corrected chi connectivity index (χ4v) is 1.80. The molecule has 0 fully saturated rings. The van der Waals surface area contributed by atoms with Gasteiger partial charge in [-0.25, -0.2) is 0 Å². The van der Waals surface area contributed by atoms with E-state index in [1.54, 1.807) is 12.1 Å². The Morgan fingerprint density at radius 3 is 2.41 bits per heavy atom. The molecule has 0 radical (unpaired) electrons. The highest BCUT2D eigenvalue weighted by atomic mass is 16.5. The van der Waals surface area contributed by atoms with Gasteiger partial charge in [0.05, 0.1) is 0 Å². The second kappa shape index (κ2) is 9.95. The number of rotatable bonds is 9.